The van der Waals surface area contributed by atoms with Gasteiger partial charge in [0.1, 0.15) is 41.7 Å². The lowest BCUT2D eigenvalue weighted by Gasteiger charge is -2.31. The summed E-state index contributed by atoms with van der Waals surface area (Å²) in [5.74, 6) is -2.24. The van der Waals surface area contributed by atoms with Crippen LogP contribution >= 0.6 is 0 Å². The highest BCUT2D eigenvalue weighted by Crippen LogP contribution is 2.42. The Labute approximate surface area is 306 Å². The first-order chi connectivity index (χ1) is 25.4. The number of rotatable bonds is 11. The Bertz CT molecular complexity index is 2450. The van der Waals surface area contributed by atoms with Crippen molar-refractivity contribution in [3.05, 3.63) is 91.0 Å². The van der Waals surface area contributed by atoms with Crippen LogP contribution < -0.4 is 21.9 Å². The van der Waals surface area contributed by atoms with Crippen LogP contribution in [0.25, 0.3) is 11.2 Å². The average molecular weight is 754 g/mol. The van der Waals surface area contributed by atoms with Crippen molar-refractivity contribution in [1.29, 1.82) is 0 Å². The molecule has 1 N–H and O–H groups in total. The van der Waals surface area contributed by atoms with E-state index in [4.69, 9.17) is 31.9 Å². The van der Waals surface area contributed by atoms with Gasteiger partial charge in [0.2, 0.25) is 0 Å². The molecular formula is C36H40FN5O12. The van der Waals surface area contributed by atoms with Gasteiger partial charge in [-0.25, -0.2) is 14.6 Å². The van der Waals surface area contributed by atoms with Gasteiger partial charge in [-0.2, -0.15) is 9.37 Å². The van der Waals surface area contributed by atoms with Crippen molar-refractivity contribution < 1.29 is 51.0 Å². The molecule has 6 rings (SSSR count). The fourth-order valence-corrected chi connectivity index (χ4v) is 6.86. The van der Waals surface area contributed by atoms with E-state index in [-0.39, 0.29) is 65.6 Å². The molecule has 0 amide bonds. The summed E-state index contributed by atoms with van der Waals surface area (Å²) in [7, 11) is 0. The number of carbonyl (C=O) groups excluding carboxylic acids is 2. The molecule has 17 nitrogen and oxygen atoms in total. The number of ether oxygens (including phenoxy) is 3. The van der Waals surface area contributed by atoms with Crippen LogP contribution in [0, 0.1) is 33.8 Å². The molecule has 0 unspecified atom stereocenters. The molecular weight excluding hydrogens is 713 g/mol. The van der Waals surface area contributed by atoms with Gasteiger partial charge in [0.05, 0.1) is 25.9 Å². The molecule has 3 atom stereocenters. The first-order valence-electron chi connectivity index (χ1n) is 17.0. The molecule has 4 aromatic heterocycles. The molecule has 0 aliphatic carbocycles. The maximum atomic E-state index is 16.0. The molecule has 0 radical (unpaired) electrons. The van der Waals surface area contributed by atoms with E-state index in [0.717, 1.165) is 15.7 Å². The molecule has 288 valence electrons. The first kappa shape index (κ1) is 38.1. The van der Waals surface area contributed by atoms with Gasteiger partial charge in [0, 0.05) is 24.3 Å². The molecule has 1 aliphatic rings. The number of aliphatic hydroxyl groups is 1. The lowest BCUT2D eigenvalue weighted by molar-refractivity contribution is -0.165. The number of aromatic nitrogens is 4. The lowest BCUT2D eigenvalue weighted by Crippen LogP contribution is -2.43. The number of aryl methyl sites for hydroxylation is 4. The highest BCUT2D eigenvalue weighted by atomic mass is 19.1. The molecule has 1 saturated heterocycles. The Morgan fingerprint density at radius 1 is 1.07 bits per heavy atom. The van der Waals surface area contributed by atoms with Crippen molar-refractivity contribution in [2.24, 2.45) is 4.99 Å². The van der Waals surface area contributed by atoms with E-state index in [9.17, 15) is 24.3 Å². The minimum atomic E-state index is -1.38. The molecule has 1 aromatic carbocycles. The largest absolute Gasteiger partial charge is 0.519 e. The number of aliphatic hydroxyl groups excluding tert-OH is 1. The van der Waals surface area contributed by atoms with Gasteiger partial charge in [-0.15, -0.1) is 0 Å². The topological polar surface area (TPSA) is 217 Å². The second-order valence-electron chi connectivity index (χ2n) is 14.2. The summed E-state index contributed by atoms with van der Waals surface area (Å²) in [6.45, 7) is 12.2. The monoisotopic (exact) mass is 753 g/mol. The van der Waals surface area contributed by atoms with Crippen LogP contribution in [-0.2, 0) is 37.6 Å². The number of imidazole rings is 1. The Balaban J connectivity index is 1.32. The van der Waals surface area contributed by atoms with Crippen LogP contribution in [-0.4, -0.2) is 54.5 Å². The molecule has 0 bridgehead atoms. The summed E-state index contributed by atoms with van der Waals surface area (Å²) in [4.78, 5) is 62.0. The summed E-state index contributed by atoms with van der Waals surface area (Å²) in [6.07, 6.45) is -1.68. The van der Waals surface area contributed by atoms with Gasteiger partial charge < -0.3 is 37.0 Å². The Hall–Kier alpha value is -5.62. The number of carbonyl (C=O) groups is 2. The Kier molecular flexibility index (Phi) is 10.1. The van der Waals surface area contributed by atoms with E-state index in [1.165, 1.54) is 31.7 Å². The molecule has 54 heavy (non-hydrogen) atoms. The van der Waals surface area contributed by atoms with Crippen LogP contribution in [0.5, 0.6) is 5.75 Å². The van der Waals surface area contributed by atoms with E-state index in [2.05, 4.69) is 15.0 Å². The zero-order chi connectivity index (χ0) is 39.3. The van der Waals surface area contributed by atoms with Gasteiger partial charge in [0.15, 0.2) is 28.2 Å². The van der Waals surface area contributed by atoms with Crippen molar-refractivity contribution in [2.75, 3.05) is 6.61 Å². The van der Waals surface area contributed by atoms with Crippen LogP contribution in [0.1, 0.15) is 86.5 Å². The highest BCUT2D eigenvalue weighted by molar-refractivity contribution is 5.74. The lowest BCUT2D eigenvalue weighted by atomic mass is 9.78. The van der Waals surface area contributed by atoms with Gasteiger partial charge in [-0.1, -0.05) is 19.9 Å². The fourth-order valence-electron chi connectivity index (χ4n) is 6.86. The highest BCUT2D eigenvalue weighted by Gasteiger charge is 2.49. The van der Waals surface area contributed by atoms with Gasteiger partial charge >= 0.3 is 23.6 Å². The maximum Gasteiger partial charge on any atom is 0.519 e. The number of hydrogen-bond donors (Lipinski definition) is 1. The van der Waals surface area contributed by atoms with Gasteiger partial charge in [-0.05, 0) is 51.8 Å². The van der Waals surface area contributed by atoms with Crippen LogP contribution in [0.3, 0.4) is 0 Å². The number of benzene rings is 1. The van der Waals surface area contributed by atoms with Crippen LogP contribution in [0.15, 0.2) is 50.7 Å². The predicted octanol–water partition coefficient (Wildman–Crippen LogP) is 3.72. The van der Waals surface area contributed by atoms with Crippen LogP contribution in [0.4, 0.5) is 4.39 Å². The summed E-state index contributed by atoms with van der Waals surface area (Å²) in [5, 5.41) is 10.5. The molecule has 0 saturated carbocycles. The third kappa shape index (κ3) is 7.43. The summed E-state index contributed by atoms with van der Waals surface area (Å²) < 4.78 is 56.2. The molecule has 18 heteroatoms. The zero-order valence-corrected chi connectivity index (χ0v) is 31.0. The van der Waals surface area contributed by atoms with E-state index < -0.39 is 59.6 Å². The maximum absolute atomic E-state index is 16.0. The Morgan fingerprint density at radius 2 is 1.74 bits per heavy atom. The predicted molar refractivity (Wildman–Crippen MR) is 183 cm³/mol. The van der Waals surface area contributed by atoms with E-state index >= 15 is 4.39 Å². The summed E-state index contributed by atoms with van der Waals surface area (Å²) in [6, 6.07) is 3.68. The molecule has 1 fully saturated rings. The minimum Gasteiger partial charge on any atom is -0.459 e. The zero-order valence-electron chi connectivity index (χ0n) is 31.0. The quantitative estimate of drug-likeness (QED) is 0.116. The number of fused-ring (bicyclic) bond motifs is 1. The number of nitrogens with zero attached hydrogens (tertiary/aromatic N) is 5. The SMILES string of the molecule is CC(=O)Oc1cc(C)cc(C)c1C(C)(C)CC(=O)O[C@H]1C[C@H](n2cnc3/c(=N/Cc4oc(=O)oc4C)n(Cc4oc(=O)oc4C)c(F)nc32)O[C@]1(C)CO. The van der Waals surface area contributed by atoms with E-state index in [0.29, 0.717) is 11.3 Å². The third-order valence-electron chi connectivity index (χ3n) is 9.36. The van der Waals surface area contributed by atoms with E-state index in [1.807, 2.05) is 33.8 Å². The number of halogens is 1. The first-order valence-corrected chi connectivity index (χ1v) is 17.0. The molecule has 1 aliphatic heterocycles. The van der Waals surface area contributed by atoms with Gasteiger partial charge in [-0.3, -0.25) is 23.7 Å². The molecule has 5 aromatic rings. The van der Waals surface area contributed by atoms with Crippen molar-refractivity contribution >= 4 is 23.1 Å². The summed E-state index contributed by atoms with van der Waals surface area (Å²) in [5.41, 5.74) is 0.214. The smallest absolute Gasteiger partial charge is 0.459 e. The normalized spacial score (nSPS) is 19.2. The molecule has 5 heterocycles. The van der Waals surface area contributed by atoms with Crippen molar-refractivity contribution in [3.63, 3.8) is 0 Å². The molecule has 0 spiro atoms. The minimum absolute atomic E-state index is 0.00974. The second-order valence-corrected chi connectivity index (χ2v) is 14.2. The average Bonchev–Trinajstić information content (AvgIpc) is 3.80. The second kappa shape index (κ2) is 14.3. The van der Waals surface area contributed by atoms with Crippen LogP contribution in [0.2, 0.25) is 0 Å². The fraction of sp³-hybridized carbons (Fsp3) is 0.472. The summed E-state index contributed by atoms with van der Waals surface area (Å²) >= 11 is 0. The number of hydrogen-bond acceptors (Lipinski definition) is 15. The van der Waals surface area contributed by atoms with Crippen molar-refractivity contribution in [1.82, 2.24) is 19.1 Å². The Morgan fingerprint density at radius 3 is 2.35 bits per heavy atom. The van der Waals surface area contributed by atoms with Crippen molar-refractivity contribution in [2.45, 2.75) is 105 Å². The third-order valence-corrected chi connectivity index (χ3v) is 9.36. The number of esters is 2. The van der Waals surface area contributed by atoms with Crippen molar-refractivity contribution in [3.8, 4) is 5.75 Å². The standard InChI is InChI=1S/C36H40FN5O12/c1-17-9-18(2)28(22(10-17)50-21(5)44)35(6,7)12-27(45)53-25-11-26(54-36(25,8)15-43)42-16-39-29-30(38-13-23-19(3)48-33(46)51-23)41(32(37)40-31(29)42)14-24-20(4)49-34(47)52-24/h9-10,16,25-26,43H,11-15H2,1-8H3/b38-30-/t25-,26+,36+/m0/s1. The van der Waals surface area contributed by atoms with Gasteiger partial charge in [0.25, 0.3) is 6.08 Å². The van der Waals surface area contributed by atoms with E-state index in [1.54, 1.807) is 13.0 Å².